The van der Waals surface area contributed by atoms with Crippen LogP contribution in [0.5, 0.6) is 5.75 Å². The number of para-hydroxylation sites is 1. The van der Waals surface area contributed by atoms with Gasteiger partial charge in [0.2, 0.25) is 5.95 Å². The lowest BCUT2D eigenvalue weighted by Gasteiger charge is -2.22. The van der Waals surface area contributed by atoms with Crippen LogP contribution in [0.1, 0.15) is 18.9 Å². The molecule has 3 heterocycles. The molecule has 2 N–H and O–H groups in total. The summed E-state index contributed by atoms with van der Waals surface area (Å²) < 4.78 is 7.74. The van der Waals surface area contributed by atoms with Crippen molar-refractivity contribution in [2.24, 2.45) is 0 Å². The standard InChI is InChI=1S/C24H26N6OS/c1-31-22-12-19(32-2)6-7-20(22)21-5-3-4-16-13-26-24(29-23(16)21)28-17-14-27-30(15-17)18-8-10-25-11-9-18/h3-7,12-15,18,25H,8-11H2,1-2H3,(H,26,28,29). The topological polar surface area (TPSA) is 76.9 Å². The maximum Gasteiger partial charge on any atom is 0.227 e. The molecule has 0 atom stereocenters. The van der Waals surface area contributed by atoms with Crippen LogP contribution < -0.4 is 15.4 Å². The largest absolute Gasteiger partial charge is 0.496 e. The molecule has 2 aromatic carbocycles. The number of thioether (sulfide) groups is 1. The number of anilines is 2. The molecule has 8 heteroatoms. The number of piperidine rings is 1. The number of benzene rings is 2. The molecule has 4 aromatic rings. The van der Waals surface area contributed by atoms with Gasteiger partial charge in [-0.3, -0.25) is 4.68 Å². The van der Waals surface area contributed by atoms with Crippen molar-refractivity contribution >= 4 is 34.3 Å². The average Bonchev–Trinajstić information content (AvgIpc) is 3.32. The fourth-order valence-corrected chi connectivity index (χ4v) is 4.59. The molecule has 1 aliphatic heterocycles. The average molecular weight is 447 g/mol. The molecule has 32 heavy (non-hydrogen) atoms. The van der Waals surface area contributed by atoms with E-state index in [0.717, 1.165) is 64.3 Å². The molecule has 0 unspecified atom stereocenters. The predicted molar refractivity (Wildman–Crippen MR) is 130 cm³/mol. The highest BCUT2D eigenvalue weighted by Crippen LogP contribution is 2.36. The van der Waals surface area contributed by atoms with E-state index in [9.17, 15) is 0 Å². The number of ether oxygens (including phenoxy) is 1. The van der Waals surface area contributed by atoms with Crippen molar-refractivity contribution in [1.29, 1.82) is 0 Å². The maximum atomic E-state index is 5.69. The van der Waals surface area contributed by atoms with E-state index in [2.05, 4.69) is 51.2 Å². The Balaban J connectivity index is 1.47. The number of hydrogen-bond donors (Lipinski definition) is 2. The van der Waals surface area contributed by atoms with Crippen LogP contribution in [0, 0.1) is 0 Å². The number of aromatic nitrogens is 4. The van der Waals surface area contributed by atoms with Gasteiger partial charge in [0, 0.05) is 33.8 Å². The third kappa shape index (κ3) is 4.16. The normalized spacial score (nSPS) is 14.6. The van der Waals surface area contributed by atoms with Gasteiger partial charge in [-0.1, -0.05) is 18.2 Å². The fraction of sp³-hybridized carbons (Fsp3) is 0.292. The van der Waals surface area contributed by atoms with Crippen LogP contribution in [0.2, 0.25) is 0 Å². The zero-order valence-electron chi connectivity index (χ0n) is 18.2. The lowest BCUT2D eigenvalue weighted by atomic mass is 10.0. The summed E-state index contributed by atoms with van der Waals surface area (Å²) in [6.07, 6.45) is 9.98. The lowest BCUT2D eigenvalue weighted by molar-refractivity contribution is 0.343. The Bertz CT molecular complexity index is 1230. The third-order valence-electron chi connectivity index (χ3n) is 5.85. The van der Waals surface area contributed by atoms with Crippen LogP contribution in [0.15, 0.2) is 59.9 Å². The van der Waals surface area contributed by atoms with E-state index >= 15 is 0 Å². The Labute approximate surface area is 191 Å². The second-order valence-electron chi connectivity index (χ2n) is 7.82. The molecular formula is C24H26N6OS. The van der Waals surface area contributed by atoms with E-state index in [0.29, 0.717) is 12.0 Å². The minimum Gasteiger partial charge on any atom is -0.496 e. The fourth-order valence-electron chi connectivity index (χ4n) is 4.16. The summed E-state index contributed by atoms with van der Waals surface area (Å²) in [7, 11) is 1.70. The monoisotopic (exact) mass is 446 g/mol. The minimum atomic E-state index is 0.438. The zero-order valence-corrected chi connectivity index (χ0v) is 19.0. The smallest absolute Gasteiger partial charge is 0.227 e. The first kappa shape index (κ1) is 20.8. The molecule has 0 bridgehead atoms. The first-order valence-electron chi connectivity index (χ1n) is 10.8. The summed E-state index contributed by atoms with van der Waals surface area (Å²) in [6, 6.07) is 12.8. The van der Waals surface area contributed by atoms with Crippen LogP contribution >= 0.6 is 11.8 Å². The summed E-state index contributed by atoms with van der Waals surface area (Å²) in [5.74, 6) is 1.38. The highest BCUT2D eigenvalue weighted by Gasteiger charge is 2.16. The summed E-state index contributed by atoms with van der Waals surface area (Å²) in [6.45, 7) is 2.07. The summed E-state index contributed by atoms with van der Waals surface area (Å²) in [5.41, 5.74) is 3.80. The number of fused-ring (bicyclic) bond motifs is 1. The predicted octanol–water partition coefficient (Wildman–Crippen LogP) is 4.89. The molecule has 0 radical (unpaired) electrons. The molecule has 0 saturated carbocycles. The van der Waals surface area contributed by atoms with Gasteiger partial charge in [-0.2, -0.15) is 5.10 Å². The minimum absolute atomic E-state index is 0.438. The Morgan fingerprint density at radius 2 is 2.00 bits per heavy atom. The van der Waals surface area contributed by atoms with Gasteiger partial charge in [-0.15, -0.1) is 11.8 Å². The van der Waals surface area contributed by atoms with E-state index in [4.69, 9.17) is 9.72 Å². The van der Waals surface area contributed by atoms with Gasteiger partial charge >= 0.3 is 0 Å². The molecule has 1 fully saturated rings. The molecule has 0 aliphatic carbocycles. The van der Waals surface area contributed by atoms with Gasteiger partial charge in [-0.05, 0) is 50.4 Å². The van der Waals surface area contributed by atoms with Crippen LogP contribution in [-0.2, 0) is 0 Å². The van der Waals surface area contributed by atoms with Gasteiger partial charge in [0.15, 0.2) is 0 Å². The summed E-state index contributed by atoms with van der Waals surface area (Å²) in [4.78, 5) is 10.5. The van der Waals surface area contributed by atoms with E-state index < -0.39 is 0 Å². The molecule has 7 nitrogen and oxygen atoms in total. The van der Waals surface area contributed by atoms with Gasteiger partial charge in [0.1, 0.15) is 5.75 Å². The number of rotatable bonds is 6. The molecule has 164 valence electrons. The molecule has 5 rings (SSSR count). The molecule has 2 aromatic heterocycles. The van der Waals surface area contributed by atoms with Gasteiger partial charge in [-0.25, -0.2) is 9.97 Å². The van der Waals surface area contributed by atoms with Gasteiger partial charge in [0.25, 0.3) is 0 Å². The first-order valence-corrected chi connectivity index (χ1v) is 12.0. The summed E-state index contributed by atoms with van der Waals surface area (Å²) >= 11 is 1.69. The molecule has 1 aliphatic rings. The van der Waals surface area contributed by atoms with Gasteiger partial charge in [0.05, 0.1) is 30.6 Å². The number of nitrogens with zero attached hydrogens (tertiary/aromatic N) is 4. The second kappa shape index (κ2) is 9.18. The molecule has 0 spiro atoms. The third-order valence-corrected chi connectivity index (χ3v) is 6.58. The molecule has 1 saturated heterocycles. The van der Waals surface area contributed by atoms with Crippen LogP contribution in [0.4, 0.5) is 11.6 Å². The van der Waals surface area contributed by atoms with Crippen molar-refractivity contribution in [1.82, 2.24) is 25.1 Å². The lowest BCUT2D eigenvalue weighted by Crippen LogP contribution is -2.29. The van der Waals surface area contributed by atoms with Crippen molar-refractivity contribution in [2.75, 3.05) is 31.8 Å². The van der Waals surface area contributed by atoms with Crippen LogP contribution in [0.25, 0.3) is 22.0 Å². The van der Waals surface area contributed by atoms with E-state index in [1.807, 2.05) is 35.4 Å². The Kier molecular flexibility index (Phi) is 5.96. The Hall–Kier alpha value is -3.10. The highest BCUT2D eigenvalue weighted by atomic mass is 32.2. The van der Waals surface area contributed by atoms with Crippen molar-refractivity contribution in [3.8, 4) is 16.9 Å². The van der Waals surface area contributed by atoms with Crippen molar-refractivity contribution < 1.29 is 4.74 Å². The van der Waals surface area contributed by atoms with Crippen LogP contribution in [0.3, 0.4) is 0 Å². The Morgan fingerprint density at radius 1 is 1.12 bits per heavy atom. The zero-order chi connectivity index (χ0) is 21.9. The van der Waals surface area contributed by atoms with Crippen molar-refractivity contribution in [2.45, 2.75) is 23.8 Å². The Morgan fingerprint density at radius 3 is 2.81 bits per heavy atom. The number of methoxy groups -OCH3 is 1. The molecular weight excluding hydrogens is 420 g/mol. The number of hydrogen-bond acceptors (Lipinski definition) is 7. The quantitative estimate of drug-likeness (QED) is 0.408. The first-order chi connectivity index (χ1) is 15.7. The van der Waals surface area contributed by atoms with E-state index in [-0.39, 0.29) is 0 Å². The van der Waals surface area contributed by atoms with Crippen molar-refractivity contribution in [3.05, 3.63) is 55.0 Å². The van der Waals surface area contributed by atoms with E-state index in [1.165, 1.54) is 0 Å². The van der Waals surface area contributed by atoms with E-state index in [1.54, 1.807) is 18.9 Å². The SMILES string of the molecule is COc1cc(SC)ccc1-c1cccc2cnc(Nc3cnn(C4CCNCC4)c3)nc12. The number of nitrogens with one attached hydrogen (secondary N) is 2. The van der Waals surface area contributed by atoms with Gasteiger partial charge < -0.3 is 15.4 Å². The second-order valence-corrected chi connectivity index (χ2v) is 8.70. The molecule has 0 amide bonds. The maximum absolute atomic E-state index is 5.69. The van der Waals surface area contributed by atoms with Crippen LogP contribution in [-0.4, -0.2) is 46.2 Å². The van der Waals surface area contributed by atoms with Crippen molar-refractivity contribution in [3.63, 3.8) is 0 Å². The highest BCUT2D eigenvalue weighted by molar-refractivity contribution is 7.98. The summed E-state index contributed by atoms with van der Waals surface area (Å²) in [5, 5.41) is 12.3.